The normalized spacial score (nSPS) is 19.8. The zero-order valence-corrected chi connectivity index (χ0v) is 8.19. The van der Waals surface area contributed by atoms with Crippen LogP contribution in [0, 0.1) is 5.92 Å². The molecule has 14 heavy (non-hydrogen) atoms. The monoisotopic (exact) mass is 201 g/mol. The van der Waals surface area contributed by atoms with Gasteiger partial charge in [0.25, 0.3) is 0 Å². The molecular formula is C9H15NO4. The Labute approximate surface area is 82.8 Å². The van der Waals surface area contributed by atoms with Crippen molar-refractivity contribution in [1.29, 1.82) is 0 Å². The number of alkyl carbamates (subject to hydrolysis) is 1. The Morgan fingerprint density at radius 1 is 1.57 bits per heavy atom. The lowest BCUT2D eigenvalue weighted by Crippen LogP contribution is -2.43. The molecule has 0 aromatic rings. The number of methoxy groups -OCH3 is 1. The van der Waals surface area contributed by atoms with Gasteiger partial charge in [0.2, 0.25) is 0 Å². The molecule has 1 N–H and O–H groups in total. The van der Waals surface area contributed by atoms with E-state index in [-0.39, 0.29) is 5.92 Å². The van der Waals surface area contributed by atoms with Gasteiger partial charge in [0.1, 0.15) is 6.29 Å². The lowest BCUT2D eigenvalue weighted by Gasteiger charge is -2.26. The molecule has 1 heterocycles. The van der Waals surface area contributed by atoms with E-state index in [1.54, 1.807) is 0 Å². The Bertz CT molecular complexity index is 201. The van der Waals surface area contributed by atoms with Gasteiger partial charge in [0.15, 0.2) is 0 Å². The summed E-state index contributed by atoms with van der Waals surface area (Å²) in [6, 6.07) is -0.452. The molecule has 0 aromatic heterocycles. The number of nitrogens with one attached hydrogen (secondary N) is 1. The highest BCUT2D eigenvalue weighted by molar-refractivity contribution is 5.73. The summed E-state index contributed by atoms with van der Waals surface area (Å²) in [5.41, 5.74) is 0. The van der Waals surface area contributed by atoms with Crippen molar-refractivity contribution in [3.8, 4) is 0 Å². The summed E-state index contributed by atoms with van der Waals surface area (Å²) in [4.78, 5) is 21.6. The van der Waals surface area contributed by atoms with Crippen LogP contribution in [-0.2, 0) is 14.3 Å². The Morgan fingerprint density at radius 2 is 2.21 bits per heavy atom. The van der Waals surface area contributed by atoms with E-state index >= 15 is 0 Å². The van der Waals surface area contributed by atoms with E-state index in [1.165, 1.54) is 7.11 Å². The van der Waals surface area contributed by atoms with Gasteiger partial charge in [0.05, 0.1) is 13.2 Å². The number of carbonyl (C=O) groups is 2. The first-order valence-electron chi connectivity index (χ1n) is 4.65. The fraction of sp³-hybridized carbons (Fsp3) is 0.778. The van der Waals surface area contributed by atoms with Crippen LogP contribution in [0.1, 0.15) is 12.8 Å². The second kappa shape index (κ2) is 5.59. The van der Waals surface area contributed by atoms with Crippen molar-refractivity contribution in [2.24, 2.45) is 5.92 Å². The molecular weight excluding hydrogens is 186 g/mol. The molecule has 1 aliphatic rings. The highest BCUT2D eigenvalue weighted by Gasteiger charge is 2.25. The molecule has 0 spiro atoms. The van der Waals surface area contributed by atoms with Crippen molar-refractivity contribution in [2.45, 2.75) is 18.9 Å². The summed E-state index contributed by atoms with van der Waals surface area (Å²) in [6.45, 7) is 1.30. The van der Waals surface area contributed by atoms with Crippen molar-refractivity contribution in [3.05, 3.63) is 0 Å². The summed E-state index contributed by atoms with van der Waals surface area (Å²) in [5, 5.41) is 2.50. The fourth-order valence-electron chi connectivity index (χ4n) is 1.53. The van der Waals surface area contributed by atoms with Crippen molar-refractivity contribution in [1.82, 2.24) is 5.32 Å². The Kier molecular flexibility index (Phi) is 4.39. The fourth-order valence-corrected chi connectivity index (χ4v) is 1.53. The number of aldehydes is 1. The van der Waals surface area contributed by atoms with Crippen LogP contribution in [0.5, 0.6) is 0 Å². The van der Waals surface area contributed by atoms with Crippen LogP contribution in [0.2, 0.25) is 0 Å². The van der Waals surface area contributed by atoms with Gasteiger partial charge in [-0.15, -0.1) is 0 Å². The van der Waals surface area contributed by atoms with Crippen LogP contribution in [0.4, 0.5) is 4.79 Å². The van der Waals surface area contributed by atoms with Gasteiger partial charge in [-0.1, -0.05) is 0 Å². The maximum absolute atomic E-state index is 10.9. The first kappa shape index (κ1) is 11.0. The third-order valence-electron chi connectivity index (χ3n) is 2.39. The number of hydrogen-bond acceptors (Lipinski definition) is 4. The van der Waals surface area contributed by atoms with E-state index in [0.29, 0.717) is 13.2 Å². The molecule has 0 saturated carbocycles. The lowest BCUT2D eigenvalue weighted by molar-refractivity contribution is -0.111. The van der Waals surface area contributed by atoms with E-state index in [9.17, 15) is 9.59 Å². The maximum atomic E-state index is 10.9. The largest absolute Gasteiger partial charge is 0.453 e. The number of hydrogen-bond donors (Lipinski definition) is 1. The van der Waals surface area contributed by atoms with Crippen LogP contribution in [0.25, 0.3) is 0 Å². The number of rotatable bonds is 3. The summed E-state index contributed by atoms with van der Waals surface area (Å²) >= 11 is 0. The predicted octanol–water partition coefficient (Wildman–Crippen LogP) is 0.336. The average Bonchev–Trinajstić information content (AvgIpc) is 2.26. The van der Waals surface area contributed by atoms with Crippen LogP contribution in [-0.4, -0.2) is 38.7 Å². The SMILES string of the molecule is COC(=O)N[C@@H](C=O)C1CCOCC1. The zero-order chi connectivity index (χ0) is 10.4. The van der Waals surface area contributed by atoms with Gasteiger partial charge in [-0.2, -0.15) is 0 Å². The predicted molar refractivity (Wildman–Crippen MR) is 48.9 cm³/mol. The minimum absolute atomic E-state index is 0.167. The van der Waals surface area contributed by atoms with Crippen LogP contribution >= 0.6 is 0 Å². The third kappa shape index (κ3) is 2.99. The van der Waals surface area contributed by atoms with E-state index in [1.807, 2.05) is 0 Å². The molecule has 0 bridgehead atoms. The molecule has 5 nitrogen and oxygen atoms in total. The summed E-state index contributed by atoms with van der Waals surface area (Å²) < 4.78 is 9.60. The second-order valence-corrected chi connectivity index (χ2v) is 3.25. The Balaban J connectivity index is 2.43. The summed E-state index contributed by atoms with van der Waals surface area (Å²) in [6.07, 6.45) is 1.79. The smallest absolute Gasteiger partial charge is 0.407 e. The minimum Gasteiger partial charge on any atom is -0.453 e. The quantitative estimate of drug-likeness (QED) is 0.668. The number of carbonyl (C=O) groups excluding carboxylic acids is 2. The first-order chi connectivity index (χ1) is 6.77. The molecule has 1 aliphatic heterocycles. The number of ether oxygens (including phenoxy) is 2. The van der Waals surface area contributed by atoms with Gasteiger partial charge >= 0.3 is 6.09 Å². The van der Waals surface area contributed by atoms with E-state index in [0.717, 1.165) is 19.1 Å². The highest BCUT2D eigenvalue weighted by Crippen LogP contribution is 2.17. The molecule has 80 valence electrons. The van der Waals surface area contributed by atoms with Gasteiger partial charge in [-0.05, 0) is 18.8 Å². The zero-order valence-electron chi connectivity index (χ0n) is 8.19. The highest BCUT2D eigenvalue weighted by atomic mass is 16.5. The van der Waals surface area contributed by atoms with Gasteiger partial charge < -0.3 is 19.6 Å². The van der Waals surface area contributed by atoms with E-state index in [4.69, 9.17) is 4.74 Å². The van der Waals surface area contributed by atoms with Crippen molar-refractivity contribution in [3.63, 3.8) is 0 Å². The first-order valence-corrected chi connectivity index (χ1v) is 4.65. The molecule has 1 saturated heterocycles. The average molecular weight is 201 g/mol. The lowest BCUT2D eigenvalue weighted by atomic mass is 9.93. The van der Waals surface area contributed by atoms with Gasteiger partial charge in [-0.3, -0.25) is 0 Å². The Morgan fingerprint density at radius 3 is 2.71 bits per heavy atom. The van der Waals surface area contributed by atoms with Gasteiger partial charge in [0, 0.05) is 13.2 Å². The minimum atomic E-state index is -0.561. The summed E-state index contributed by atoms with van der Waals surface area (Å²) in [5.74, 6) is 0.167. The van der Waals surface area contributed by atoms with Crippen LogP contribution in [0.3, 0.4) is 0 Å². The molecule has 1 atom stereocenters. The Hall–Kier alpha value is -1.10. The molecule has 0 radical (unpaired) electrons. The van der Waals surface area contributed by atoms with Crippen molar-refractivity contribution < 1.29 is 19.1 Å². The van der Waals surface area contributed by atoms with Gasteiger partial charge in [-0.25, -0.2) is 4.79 Å². The molecule has 1 amide bonds. The van der Waals surface area contributed by atoms with Crippen molar-refractivity contribution in [2.75, 3.05) is 20.3 Å². The molecule has 0 aliphatic carbocycles. The molecule has 0 aromatic carbocycles. The van der Waals surface area contributed by atoms with Crippen molar-refractivity contribution >= 4 is 12.4 Å². The third-order valence-corrected chi connectivity index (χ3v) is 2.39. The standard InChI is InChI=1S/C9H15NO4/c1-13-9(12)10-8(6-11)7-2-4-14-5-3-7/h6-8H,2-5H2,1H3,(H,10,12)/t8-/m0/s1. The van der Waals surface area contributed by atoms with E-state index < -0.39 is 12.1 Å². The number of amides is 1. The molecule has 5 heteroatoms. The molecule has 1 rings (SSSR count). The van der Waals surface area contributed by atoms with Crippen LogP contribution < -0.4 is 5.32 Å². The second-order valence-electron chi connectivity index (χ2n) is 3.25. The molecule has 1 fully saturated rings. The molecule has 0 unspecified atom stereocenters. The topological polar surface area (TPSA) is 64.6 Å². The maximum Gasteiger partial charge on any atom is 0.407 e. The van der Waals surface area contributed by atoms with E-state index in [2.05, 4.69) is 10.1 Å². The summed E-state index contributed by atoms with van der Waals surface area (Å²) in [7, 11) is 1.28. The van der Waals surface area contributed by atoms with Crippen LogP contribution in [0.15, 0.2) is 0 Å².